The van der Waals surface area contributed by atoms with Gasteiger partial charge in [-0.3, -0.25) is 14.5 Å². The first-order chi connectivity index (χ1) is 18.8. The number of ketones is 1. The summed E-state index contributed by atoms with van der Waals surface area (Å²) >= 11 is 0.962. The highest BCUT2D eigenvalue weighted by Gasteiger charge is 2.48. The summed E-state index contributed by atoms with van der Waals surface area (Å²) in [5.41, 5.74) is 1.21. The Hall–Kier alpha value is -4.18. The molecule has 0 radical (unpaired) electrons. The van der Waals surface area contributed by atoms with Crippen LogP contribution in [0.4, 0.5) is 5.13 Å². The topological polar surface area (TPSA) is 115 Å². The molecule has 0 spiro atoms. The molecule has 1 aliphatic heterocycles. The van der Waals surface area contributed by atoms with Crippen LogP contribution >= 0.6 is 11.3 Å². The van der Waals surface area contributed by atoms with Crippen LogP contribution in [-0.4, -0.2) is 47.6 Å². The van der Waals surface area contributed by atoms with E-state index in [4.69, 9.17) is 14.2 Å². The fraction of sp³-hybridized carbons (Fsp3) is 0.310. The molecule has 1 amide bonds. The number of anilines is 1. The van der Waals surface area contributed by atoms with E-state index in [9.17, 15) is 19.5 Å². The maximum Gasteiger partial charge on any atom is 0.350 e. The van der Waals surface area contributed by atoms with Crippen molar-refractivity contribution in [2.75, 3.05) is 24.7 Å². The van der Waals surface area contributed by atoms with Crippen LogP contribution in [0.15, 0.2) is 54.1 Å². The van der Waals surface area contributed by atoms with Gasteiger partial charge in [-0.1, -0.05) is 30.4 Å². The van der Waals surface area contributed by atoms with Crippen molar-refractivity contribution in [1.29, 1.82) is 0 Å². The normalized spacial score (nSPS) is 16.4. The molecule has 204 valence electrons. The van der Waals surface area contributed by atoms with Crippen molar-refractivity contribution in [2.24, 2.45) is 0 Å². The molecule has 9 nitrogen and oxygen atoms in total. The lowest BCUT2D eigenvalue weighted by molar-refractivity contribution is -0.132. The lowest BCUT2D eigenvalue weighted by atomic mass is 9.95. The third-order valence-electron chi connectivity index (χ3n) is 6.00. The largest absolute Gasteiger partial charge is 0.507 e. The Morgan fingerprint density at radius 1 is 0.974 bits per heavy atom. The number of nitrogens with zero attached hydrogens (tertiary/aromatic N) is 2. The van der Waals surface area contributed by atoms with E-state index < -0.39 is 23.7 Å². The average molecular weight is 551 g/mol. The van der Waals surface area contributed by atoms with E-state index in [0.29, 0.717) is 41.5 Å². The van der Waals surface area contributed by atoms with Crippen LogP contribution in [0, 0.1) is 6.92 Å². The first kappa shape index (κ1) is 27.8. The van der Waals surface area contributed by atoms with Gasteiger partial charge < -0.3 is 19.3 Å². The zero-order valence-electron chi connectivity index (χ0n) is 22.2. The minimum Gasteiger partial charge on any atom is -0.507 e. The molecular weight excluding hydrogens is 520 g/mol. The second kappa shape index (κ2) is 12.1. The number of Topliss-reactive ketones (excluding diaryl/α,β-unsaturated/α-hetero) is 1. The molecule has 0 bridgehead atoms. The Labute approximate surface area is 230 Å². The molecule has 1 aromatic heterocycles. The number of hydrogen-bond donors (Lipinski definition) is 1. The summed E-state index contributed by atoms with van der Waals surface area (Å²) in [5, 5.41) is 11.5. The van der Waals surface area contributed by atoms with Gasteiger partial charge in [0.25, 0.3) is 5.78 Å². The zero-order chi connectivity index (χ0) is 28.1. The molecule has 2 heterocycles. The lowest BCUT2D eigenvalue weighted by Crippen LogP contribution is -2.29. The van der Waals surface area contributed by atoms with Crippen molar-refractivity contribution in [3.8, 4) is 11.5 Å². The van der Waals surface area contributed by atoms with Crippen LogP contribution in [0.1, 0.15) is 59.7 Å². The quantitative estimate of drug-likeness (QED) is 0.154. The maximum atomic E-state index is 13.4. The van der Waals surface area contributed by atoms with Crippen molar-refractivity contribution < 1.29 is 33.7 Å². The number of carbonyl (C=O) groups excluding carboxylic acids is 3. The Balaban J connectivity index is 1.84. The molecule has 3 aromatic rings. The van der Waals surface area contributed by atoms with Crippen LogP contribution in [0.25, 0.3) is 5.76 Å². The second-order valence-electron chi connectivity index (χ2n) is 8.68. The molecule has 1 saturated heterocycles. The number of aromatic nitrogens is 1. The van der Waals surface area contributed by atoms with E-state index in [0.717, 1.165) is 17.8 Å². The Kier molecular flexibility index (Phi) is 8.65. The molecule has 1 aliphatic rings. The Morgan fingerprint density at radius 3 is 2.23 bits per heavy atom. The third-order valence-corrected chi connectivity index (χ3v) is 7.14. The average Bonchev–Trinajstić information content (AvgIpc) is 3.44. The number of benzene rings is 2. The summed E-state index contributed by atoms with van der Waals surface area (Å²) in [6.45, 7) is 8.41. The van der Waals surface area contributed by atoms with Crippen LogP contribution in [0.5, 0.6) is 11.5 Å². The van der Waals surface area contributed by atoms with Gasteiger partial charge in [0.1, 0.15) is 22.1 Å². The summed E-state index contributed by atoms with van der Waals surface area (Å²) in [6.07, 6.45) is 0.843. The SMILES string of the molecule is CCCOc1ccc(C2C(=C(O)c3ccc(OCC)cc3)C(=O)C(=O)N2c2nc(C)c(C(=O)OCC)s2)cc1. The number of amides is 1. The smallest absolute Gasteiger partial charge is 0.350 e. The van der Waals surface area contributed by atoms with E-state index in [1.54, 1.807) is 62.4 Å². The maximum absolute atomic E-state index is 13.4. The van der Waals surface area contributed by atoms with Gasteiger partial charge in [-0.15, -0.1) is 0 Å². The van der Waals surface area contributed by atoms with Gasteiger partial charge in [0.05, 0.1) is 37.1 Å². The van der Waals surface area contributed by atoms with Crippen molar-refractivity contribution >= 4 is 39.9 Å². The first-order valence-electron chi connectivity index (χ1n) is 12.7. The van der Waals surface area contributed by atoms with Crippen molar-refractivity contribution in [2.45, 2.75) is 40.2 Å². The van der Waals surface area contributed by atoms with E-state index in [1.807, 2.05) is 13.8 Å². The Bertz CT molecular complexity index is 1390. The molecule has 10 heteroatoms. The molecule has 1 fully saturated rings. The number of thiazole rings is 1. The molecule has 39 heavy (non-hydrogen) atoms. The summed E-state index contributed by atoms with van der Waals surface area (Å²) in [6, 6.07) is 12.6. The van der Waals surface area contributed by atoms with Gasteiger partial charge in [0, 0.05) is 5.56 Å². The number of esters is 1. The van der Waals surface area contributed by atoms with E-state index in [-0.39, 0.29) is 27.9 Å². The predicted octanol–water partition coefficient (Wildman–Crippen LogP) is 5.44. The third kappa shape index (κ3) is 5.65. The highest BCUT2D eigenvalue weighted by atomic mass is 32.1. The van der Waals surface area contributed by atoms with Crippen LogP contribution < -0.4 is 14.4 Å². The minimum absolute atomic E-state index is 0.0862. The van der Waals surface area contributed by atoms with Crippen molar-refractivity contribution in [1.82, 2.24) is 4.98 Å². The van der Waals surface area contributed by atoms with Gasteiger partial charge >= 0.3 is 11.9 Å². The summed E-state index contributed by atoms with van der Waals surface area (Å²) in [7, 11) is 0. The number of ether oxygens (including phenoxy) is 3. The Morgan fingerprint density at radius 2 is 1.62 bits per heavy atom. The minimum atomic E-state index is -0.989. The summed E-state index contributed by atoms with van der Waals surface area (Å²) in [4.78, 5) is 45.2. The van der Waals surface area contributed by atoms with Crippen LogP contribution in [0.2, 0.25) is 0 Å². The fourth-order valence-corrected chi connectivity index (χ4v) is 5.20. The molecule has 4 rings (SSSR count). The van der Waals surface area contributed by atoms with Gasteiger partial charge in [0.15, 0.2) is 5.13 Å². The highest BCUT2D eigenvalue weighted by molar-refractivity contribution is 7.17. The number of hydrogen-bond acceptors (Lipinski definition) is 9. The number of rotatable bonds is 10. The second-order valence-corrected chi connectivity index (χ2v) is 9.65. The number of aliphatic hydroxyl groups excluding tert-OH is 1. The van der Waals surface area contributed by atoms with Crippen molar-refractivity contribution in [3.05, 3.63) is 75.8 Å². The van der Waals surface area contributed by atoms with Gasteiger partial charge in [0.2, 0.25) is 0 Å². The van der Waals surface area contributed by atoms with Crippen LogP contribution in [0.3, 0.4) is 0 Å². The molecule has 1 unspecified atom stereocenters. The summed E-state index contributed by atoms with van der Waals surface area (Å²) in [5.74, 6) is -1.35. The number of aryl methyl sites for hydroxylation is 1. The van der Waals surface area contributed by atoms with E-state index in [1.165, 1.54) is 4.90 Å². The predicted molar refractivity (Wildman–Crippen MR) is 147 cm³/mol. The van der Waals surface area contributed by atoms with Crippen molar-refractivity contribution in [3.63, 3.8) is 0 Å². The first-order valence-corrected chi connectivity index (χ1v) is 13.5. The summed E-state index contributed by atoms with van der Waals surface area (Å²) < 4.78 is 16.3. The molecule has 0 aliphatic carbocycles. The van der Waals surface area contributed by atoms with E-state index in [2.05, 4.69) is 4.98 Å². The molecule has 1 atom stereocenters. The number of aliphatic hydroxyl groups is 1. The van der Waals surface area contributed by atoms with Gasteiger partial charge in [-0.25, -0.2) is 9.78 Å². The highest BCUT2D eigenvalue weighted by Crippen LogP contribution is 2.44. The van der Waals surface area contributed by atoms with Crippen LogP contribution in [-0.2, 0) is 14.3 Å². The number of carbonyl (C=O) groups is 3. The molecular formula is C29H30N2O7S. The lowest BCUT2D eigenvalue weighted by Gasteiger charge is -2.23. The van der Waals surface area contributed by atoms with E-state index >= 15 is 0 Å². The molecule has 2 aromatic carbocycles. The standard InChI is InChI=1S/C29H30N2O7S/c1-5-16-38-21-12-8-18(9-13-21)23-22(24(32)19-10-14-20(15-11-19)36-6-2)25(33)27(34)31(23)29-30-17(4)26(39-29)28(35)37-7-3/h8-15,23,32H,5-7,16H2,1-4H3. The zero-order valence-corrected chi connectivity index (χ0v) is 23.0. The monoisotopic (exact) mass is 550 g/mol. The van der Waals surface area contributed by atoms with Gasteiger partial charge in [-0.05, 0) is 69.2 Å². The molecule has 0 saturated carbocycles. The molecule has 1 N–H and O–H groups in total. The van der Waals surface area contributed by atoms with Gasteiger partial charge in [-0.2, -0.15) is 0 Å². The fourth-order valence-electron chi connectivity index (χ4n) is 4.21.